The van der Waals surface area contributed by atoms with Crippen LogP contribution < -0.4 is 0 Å². The summed E-state index contributed by atoms with van der Waals surface area (Å²) < 4.78 is 5.45. The smallest absolute Gasteiger partial charge is 0.305 e. The van der Waals surface area contributed by atoms with E-state index in [-0.39, 0.29) is 50.0 Å². The molecule has 7 nitrogen and oxygen atoms in total. The Labute approximate surface area is 196 Å². The second-order valence-corrected chi connectivity index (χ2v) is 8.89. The number of hydrogen-bond acceptors (Lipinski definition) is 5. The zero-order chi connectivity index (χ0) is 23.5. The number of amides is 2. The lowest BCUT2D eigenvalue weighted by Crippen LogP contribution is -2.44. The second kappa shape index (κ2) is 13.1. The van der Waals surface area contributed by atoms with Gasteiger partial charge < -0.3 is 19.6 Å². The van der Waals surface area contributed by atoms with E-state index in [1.54, 1.807) is 9.80 Å². The lowest BCUT2D eigenvalue weighted by molar-refractivity contribution is -0.149. The minimum Gasteiger partial charge on any atom is -0.463 e. The molecule has 0 aliphatic carbocycles. The Morgan fingerprint density at radius 1 is 1.12 bits per heavy atom. The predicted octanol–water partition coefficient (Wildman–Crippen LogP) is 3.07. The van der Waals surface area contributed by atoms with Crippen molar-refractivity contribution in [3.05, 3.63) is 48.0 Å². The van der Waals surface area contributed by atoms with Crippen LogP contribution in [0.25, 0.3) is 0 Å². The van der Waals surface area contributed by atoms with Crippen LogP contribution >= 0.6 is 0 Å². The van der Waals surface area contributed by atoms with Crippen LogP contribution in [0.15, 0.2) is 42.5 Å². The van der Waals surface area contributed by atoms with Crippen LogP contribution in [0.1, 0.15) is 56.9 Å². The van der Waals surface area contributed by atoms with Gasteiger partial charge in [-0.25, -0.2) is 0 Å². The number of ether oxygens (including phenoxy) is 1. The second-order valence-electron chi connectivity index (χ2n) is 8.89. The van der Waals surface area contributed by atoms with Crippen molar-refractivity contribution < 1.29 is 24.2 Å². The van der Waals surface area contributed by atoms with Crippen LogP contribution in [0.3, 0.4) is 0 Å². The fourth-order valence-electron chi connectivity index (χ4n) is 4.53. The molecule has 0 unspecified atom stereocenters. The third kappa shape index (κ3) is 7.70. The number of aliphatic hydroxyl groups is 1. The van der Waals surface area contributed by atoms with E-state index in [1.807, 2.05) is 42.5 Å². The summed E-state index contributed by atoms with van der Waals surface area (Å²) in [7, 11) is 0. The molecule has 7 heteroatoms. The summed E-state index contributed by atoms with van der Waals surface area (Å²) >= 11 is 0. The number of fused-ring (bicyclic) bond motifs is 1. The quantitative estimate of drug-likeness (QED) is 0.525. The van der Waals surface area contributed by atoms with Gasteiger partial charge in [0.1, 0.15) is 6.61 Å². The van der Waals surface area contributed by atoms with Gasteiger partial charge >= 0.3 is 5.97 Å². The zero-order valence-corrected chi connectivity index (χ0v) is 19.4. The maximum Gasteiger partial charge on any atom is 0.305 e. The number of esters is 1. The number of benzene rings is 1. The van der Waals surface area contributed by atoms with Crippen LogP contribution in [0.4, 0.5) is 0 Å². The van der Waals surface area contributed by atoms with E-state index in [1.165, 1.54) is 0 Å². The van der Waals surface area contributed by atoms with Gasteiger partial charge in [-0.3, -0.25) is 14.4 Å². The van der Waals surface area contributed by atoms with Crippen molar-refractivity contribution in [1.29, 1.82) is 0 Å². The number of carbonyl (C=O) groups excluding carboxylic acids is 3. The molecule has 0 radical (unpaired) electrons. The van der Waals surface area contributed by atoms with Crippen molar-refractivity contribution in [2.24, 2.45) is 5.92 Å². The van der Waals surface area contributed by atoms with Crippen molar-refractivity contribution in [3.63, 3.8) is 0 Å². The molecule has 0 spiro atoms. The molecule has 2 amide bonds. The van der Waals surface area contributed by atoms with E-state index in [0.29, 0.717) is 25.9 Å². The Morgan fingerprint density at radius 3 is 2.73 bits per heavy atom. The molecule has 1 aromatic rings. The first kappa shape index (κ1) is 25.0. The van der Waals surface area contributed by atoms with Crippen LogP contribution in [0.5, 0.6) is 0 Å². The zero-order valence-electron chi connectivity index (χ0n) is 19.4. The van der Waals surface area contributed by atoms with E-state index in [0.717, 1.165) is 37.7 Å². The molecular weight excluding hydrogens is 420 g/mol. The minimum atomic E-state index is -0.468. The van der Waals surface area contributed by atoms with Crippen LogP contribution in [0.2, 0.25) is 0 Å². The van der Waals surface area contributed by atoms with Crippen molar-refractivity contribution in [2.75, 3.05) is 26.3 Å². The Hall–Kier alpha value is -2.67. The van der Waals surface area contributed by atoms with Crippen LogP contribution in [-0.2, 0) is 25.7 Å². The molecule has 33 heavy (non-hydrogen) atoms. The molecular formula is C26H36N2O5. The molecule has 1 aromatic carbocycles. The van der Waals surface area contributed by atoms with E-state index < -0.39 is 5.92 Å². The maximum absolute atomic E-state index is 13.5. The van der Waals surface area contributed by atoms with Gasteiger partial charge in [0.15, 0.2) is 0 Å². The number of allylic oxidation sites excluding steroid dienone is 2. The molecule has 2 heterocycles. The molecule has 1 saturated heterocycles. The van der Waals surface area contributed by atoms with Crippen molar-refractivity contribution in [1.82, 2.24) is 9.80 Å². The molecule has 1 fully saturated rings. The van der Waals surface area contributed by atoms with E-state index in [4.69, 9.17) is 4.74 Å². The molecule has 3 rings (SSSR count). The maximum atomic E-state index is 13.5. The van der Waals surface area contributed by atoms with Crippen LogP contribution in [0, 0.1) is 5.92 Å². The standard InChI is InChI=1S/C26H36N2O5/c29-17-16-27(19-21-10-5-4-6-11-21)24(30)18-22-12-7-2-1-3-8-14-25(31)33-20-23-13-9-15-28(23)26(22)32/h2,4-7,10-11,22-23,29H,1,3,8-9,12-20H2/b7-2-/t22-,23-/m1/s1. The molecule has 0 bridgehead atoms. The summed E-state index contributed by atoms with van der Waals surface area (Å²) in [5.74, 6) is -0.859. The van der Waals surface area contributed by atoms with Gasteiger partial charge in [-0.2, -0.15) is 0 Å². The number of rotatable bonds is 6. The summed E-state index contributed by atoms with van der Waals surface area (Å²) in [5, 5.41) is 9.50. The fraction of sp³-hybridized carbons (Fsp3) is 0.577. The topological polar surface area (TPSA) is 87.2 Å². The lowest BCUT2D eigenvalue weighted by atomic mass is 9.97. The molecule has 2 aliphatic rings. The Bertz CT molecular complexity index is 810. The van der Waals surface area contributed by atoms with Crippen molar-refractivity contribution in [2.45, 2.75) is 64.0 Å². The third-order valence-electron chi connectivity index (χ3n) is 6.40. The first-order valence-corrected chi connectivity index (χ1v) is 12.1. The number of nitrogens with zero attached hydrogens (tertiary/aromatic N) is 2. The Kier molecular flexibility index (Phi) is 9.94. The third-order valence-corrected chi connectivity index (χ3v) is 6.40. The highest BCUT2D eigenvalue weighted by atomic mass is 16.5. The van der Waals surface area contributed by atoms with E-state index in [9.17, 15) is 19.5 Å². The highest BCUT2D eigenvalue weighted by Gasteiger charge is 2.35. The predicted molar refractivity (Wildman–Crippen MR) is 125 cm³/mol. The van der Waals surface area contributed by atoms with Crippen molar-refractivity contribution in [3.8, 4) is 0 Å². The van der Waals surface area contributed by atoms with Crippen LogP contribution in [-0.4, -0.2) is 65.0 Å². The summed E-state index contributed by atoms with van der Waals surface area (Å²) in [6.45, 7) is 1.36. The van der Waals surface area contributed by atoms with E-state index in [2.05, 4.69) is 0 Å². The molecule has 180 valence electrons. The molecule has 2 aliphatic heterocycles. The van der Waals surface area contributed by atoms with Gasteiger partial charge in [0.2, 0.25) is 11.8 Å². The fourth-order valence-corrected chi connectivity index (χ4v) is 4.53. The lowest BCUT2D eigenvalue weighted by Gasteiger charge is -2.30. The van der Waals surface area contributed by atoms with E-state index >= 15 is 0 Å². The largest absolute Gasteiger partial charge is 0.463 e. The monoisotopic (exact) mass is 456 g/mol. The average Bonchev–Trinajstić information content (AvgIpc) is 3.29. The molecule has 1 N–H and O–H groups in total. The normalized spacial score (nSPS) is 23.4. The molecule has 0 aromatic heterocycles. The first-order valence-electron chi connectivity index (χ1n) is 12.1. The highest BCUT2D eigenvalue weighted by Crippen LogP contribution is 2.25. The van der Waals surface area contributed by atoms with Crippen molar-refractivity contribution >= 4 is 17.8 Å². The minimum absolute atomic E-state index is 0.0488. The van der Waals surface area contributed by atoms with Gasteiger partial charge in [-0.05, 0) is 44.1 Å². The Morgan fingerprint density at radius 2 is 1.94 bits per heavy atom. The number of carbonyl (C=O) groups is 3. The average molecular weight is 457 g/mol. The molecule has 2 atom stereocenters. The Balaban J connectivity index is 1.73. The van der Waals surface area contributed by atoms with Gasteiger partial charge in [-0.15, -0.1) is 0 Å². The number of cyclic esters (lactones) is 1. The van der Waals surface area contributed by atoms with Gasteiger partial charge in [-0.1, -0.05) is 42.5 Å². The first-order chi connectivity index (χ1) is 16.1. The highest BCUT2D eigenvalue weighted by molar-refractivity contribution is 5.86. The number of aliphatic hydroxyl groups excluding tert-OH is 1. The SMILES string of the molecule is O=C1CCCC/C=C\C[C@H](CC(=O)N(CCO)Cc2ccccc2)C(=O)N2CCC[C@@H]2CO1. The summed E-state index contributed by atoms with van der Waals surface area (Å²) in [5.41, 5.74) is 0.984. The van der Waals surface area contributed by atoms with Gasteiger partial charge in [0.25, 0.3) is 0 Å². The summed E-state index contributed by atoms with van der Waals surface area (Å²) in [6.07, 6.45) is 9.23. The van der Waals surface area contributed by atoms with Gasteiger partial charge in [0, 0.05) is 32.5 Å². The van der Waals surface area contributed by atoms with Gasteiger partial charge in [0.05, 0.1) is 18.6 Å². The molecule has 0 saturated carbocycles. The summed E-state index contributed by atoms with van der Waals surface area (Å²) in [4.78, 5) is 42.1. The summed E-state index contributed by atoms with van der Waals surface area (Å²) in [6, 6.07) is 9.54. The number of hydrogen-bond donors (Lipinski definition) is 1.